The first-order valence-corrected chi connectivity index (χ1v) is 10.7. The van der Waals surface area contributed by atoms with Crippen LogP contribution >= 0.6 is 0 Å². The van der Waals surface area contributed by atoms with E-state index in [1.807, 2.05) is 0 Å². The summed E-state index contributed by atoms with van der Waals surface area (Å²) in [5.74, 6) is 0.348. The number of hydrogen-bond acceptors (Lipinski definition) is 7. The van der Waals surface area contributed by atoms with Crippen molar-refractivity contribution in [3.05, 3.63) is 60.5 Å². The SMILES string of the molecule is O=C(OCc1cc(-c2ccco2)on1)[C@H]1CCCCN1S(=O)(=O)c1ccccc1. The van der Waals surface area contributed by atoms with Crippen molar-refractivity contribution in [1.82, 2.24) is 9.46 Å². The van der Waals surface area contributed by atoms with Gasteiger partial charge in [0.25, 0.3) is 0 Å². The molecule has 0 aliphatic carbocycles. The number of esters is 1. The molecule has 29 heavy (non-hydrogen) atoms. The van der Waals surface area contributed by atoms with E-state index in [-0.39, 0.29) is 18.0 Å². The molecule has 1 atom stereocenters. The molecule has 0 radical (unpaired) electrons. The zero-order valence-electron chi connectivity index (χ0n) is 15.6. The van der Waals surface area contributed by atoms with E-state index in [2.05, 4.69) is 5.16 Å². The van der Waals surface area contributed by atoms with E-state index in [4.69, 9.17) is 13.7 Å². The largest absolute Gasteiger partial charge is 0.461 e. The van der Waals surface area contributed by atoms with Gasteiger partial charge in [0, 0.05) is 12.6 Å². The average molecular weight is 416 g/mol. The lowest BCUT2D eigenvalue weighted by Gasteiger charge is -2.32. The molecule has 152 valence electrons. The number of carbonyl (C=O) groups is 1. The van der Waals surface area contributed by atoms with Crippen LogP contribution in [0.25, 0.3) is 11.5 Å². The molecule has 0 unspecified atom stereocenters. The fraction of sp³-hybridized carbons (Fsp3) is 0.300. The lowest BCUT2D eigenvalue weighted by atomic mass is 10.1. The third kappa shape index (κ3) is 4.10. The molecule has 0 saturated carbocycles. The summed E-state index contributed by atoms with van der Waals surface area (Å²) in [5, 5.41) is 3.86. The topological polar surface area (TPSA) is 103 Å². The van der Waals surface area contributed by atoms with Crippen LogP contribution in [-0.2, 0) is 26.2 Å². The molecule has 1 saturated heterocycles. The molecule has 8 nitrogen and oxygen atoms in total. The van der Waals surface area contributed by atoms with E-state index in [9.17, 15) is 13.2 Å². The van der Waals surface area contributed by atoms with Crippen molar-refractivity contribution in [2.75, 3.05) is 6.54 Å². The Labute approximate surface area is 168 Å². The van der Waals surface area contributed by atoms with Crippen molar-refractivity contribution in [3.8, 4) is 11.5 Å². The molecule has 0 spiro atoms. The first-order valence-electron chi connectivity index (χ1n) is 9.29. The molecule has 3 heterocycles. The fourth-order valence-corrected chi connectivity index (χ4v) is 4.98. The van der Waals surface area contributed by atoms with Gasteiger partial charge in [-0.1, -0.05) is 23.4 Å². The lowest BCUT2D eigenvalue weighted by molar-refractivity contribution is -0.150. The minimum Gasteiger partial charge on any atom is -0.461 e. The highest BCUT2D eigenvalue weighted by Gasteiger charge is 2.38. The molecule has 9 heteroatoms. The van der Waals surface area contributed by atoms with E-state index in [1.165, 1.54) is 22.7 Å². The molecule has 0 bridgehead atoms. The van der Waals surface area contributed by atoms with Gasteiger partial charge in [0.15, 0.2) is 5.76 Å². The molecular formula is C20H20N2O6S. The van der Waals surface area contributed by atoms with Gasteiger partial charge in [0.05, 0.1) is 11.2 Å². The Bertz CT molecular complexity index is 1060. The minimum atomic E-state index is -3.78. The predicted octanol–water partition coefficient (Wildman–Crippen LogP) is 3.22. The van der Waals surface area contributed by atoms with Gasteiger partial charge in [-0.25, -0.2) is 8.42 Å². The Kier molecular flexibility index (Phi) is 5.50. The summed E-state index contributed by atoms with van der Waals surface area (Å²) in [6.45, 7) is 0.169. The van der Waals surface area contributed by atoms with E-state index < -0.39 is 22.0 Å². The van der Waals surface area contributed by atoms with Crippen LogP contribution in [0.3, 0.4) is 0 Å². The van der Waals surface area contributed by atoms with Gasteiger partial charge in [-0.15, -0.1) is 0 Å². The number of ether oxygens (including phenoxy) is 1. The van der Waals surface area contributed by atoms with Crippen LogP contribution in [0.5, 0.6) is 0 Å². The molecular weight excluding hydrogens is 396 g/mol. The summed E-state index contributed by atoms with van der Waals surface area (Å²) in [7, 11) is -3.78. The molecule has 2 aromatic heterocycles. The highest BCUT2D eigenvalue weighted by Crippen LogP contribution is 2.26. The summed E-state index contributed by atoms with van der Waals surface area (Å²) in [5.41, 5.74) is 0.415. The lowest BCUT2D eigenvalue weighted by Crippen LogP contribution is -2.48. The quantitative estimate of drug-likeness (QED) is 0.568. The first kappa shape index (κ1) is 19.4. The van der Waals surface area contributed by atoms with Crippen LogP contribution in [0.15, 0.2) is 68.6 Å². The molecule has 0 amide bonds. The number of furan rings is 1. The van der Waals surface area contributed by atoms with E-state index in [0.717, 1.165) is 6.42 Å². The minimum absolute atomic E-state index is 0.112. The number of benzene rings is 1. The number of piperidine rings is 1. The summed E-state index contributed by atoms with van der Waals surface area (Å²) in [4.78, 5) is 12.9. The first-order chi connectivity index (χ1) is 14.1. The van der Waals surface area contributed by atoms with Gasteiger partial charge in [-0.3, -0.25) is 4.79 Å². The number of hydrogen-bond donors (Lipinski definition) is 0. The summed E-state index contributed by atoms with van der Waals surface area (Å²) in [6.07, 6.45) is 3.39. The van der Waals surface area contributed by atoms with Gasteiger partial charge >= 0.3 is 5.97 Å². The maximum absolute atomic E-state index is 13.0. The van der Waals surface area contributed by atoms with Gasteiger partial charge in [-0.05, 0) is 43.5 Å². The van der Waals surface area contributed by atoms with Crippen LogP contribution < -0.4 is 0 Å². The smallest absolute Gasteiger partial charge is 0.324 e. The van der Waals surface area contributed by atoms with Crippen LogP contribution in [-0.4, -0.2) is 36.4 Å². The number of nitrogens with zero attached hydrogens (tertiary/aromatic N) is 2. The standard InChI is InChI=1S/C20H20N2O6S/c23-20(27-14-15-13-19(28-21-15)18-10-6-12-26-18)17-9-4-5-11-22(17)29(24,25)16-7-2-1-3-8-16/h1-3,6-8,10,12-13,17H,4-5,9,11,14H2/t17-/m1/s1. The highest BCUT2D eigenvalue weighted by atomic mass is 32.2. The normalized spacial score (nSPS) is 17.9. The number of aromatic nitrogens is 1. The molecule has 1 aliphatic rings. The molecule has 1 fully saturated rings. The Balaban J connectivity index is 1.45. The Morgan fingerprint density at radius 1 is 1.14 bits per heavy atom. The summed E-state index contributed by atoms with van der Waals surface area (Å²) >= 11 is 0. The van der Waals surface area contributed by atoms with Gasteiger partial charge in [-0.2, -0.15) is 4.31 Å². The van der Waals surface area contributed by atoms with Crippen molar-refractivity contribution in [3.63, 3.8) is 0 Å². The summed E-state index contributed by atoms with van der Waals surface area (Å²) in [6, 6.07) is 12.3. The maximum atomic E-state index is 13.0. The van der Waals surface area contributed by atoms with Gasteiger partial charge < -0.3 is 13.7 Å². The zero-order chi connectivity index (χ0) is 20.3. The van der Waals surface area contributed by atoms with E-state index in [1.54, 1.807) is 36.4 Å². The zero-order valence-corrected chi connectivity index (χ0v) is 16.4. The maximum Gasteiger partial charge on any atom is 0.324 e. The molecule has 0 N–H and O–H groups in total. The number of carbonyl (C=O) groups excluding carboxylic acids is 1. The second-order valence-corrected chi connectivity index (χ2v) is 8.60. The highest BCUT2D eigenvalue weighted by molar-refractivity contribution is 7.89. The fourth-order valence-electron chi connectivity index (χ4n) is 3.31. The van der Waals surface area contributed by atoms with Gasteiger partial charge in [0.1, 0.15) is 18.3 Å². The van der Waals surface area contributed by atoms with Crippen molar-refractivity contribution < 1.29 is 26.9 Å². The number of sulfonamides is 1. The Hall–Kier alpha value is -2.91. The summed E-state index contributed by atoms with van der Waals surface area (Å²) < 4.78 is 43.0. The monoisotopic (exact) mass is 416 g/mol. The third-order valence-corrected chi connectivity index (χ3v) is 6.68. The predicted molar refractivity (Wildman–Crippen MR) is 102 cm³/mol. The molecule has 1 aliphatic heterocycles. The van der Waals surface area contributed by atoms with Crippen molar-refractivity contribution in [2.24, 2.45) is 0 Å². The van der Waals surface area contributed by atoms with Crippen LogP contribution in [0.4, 0.5) is 0 Å². The second-order valence-electron chi connectivity index (χ2n) is 6.71. The second kappa shape index (κ2) is 8.22. The Morgan fingerprint density at radius 3 is 2.72 bits per heavy atom. The molecule has 1 aromatic carbocycles. The molecule has 3 aromatic rings. The van der Waals surface area contributed by atoms with E-state index >= 15 is 0 Å². The average Bonchev–Trinajstić information content (AvgIpc) is 3.44. The van der Waals surface area contributed by atoms with E-state index in [0.29, 0.717) is 30.1 Å². The van der Waals surface area contributed by atoms with Gasteiger partial charge in [0.2, 0.25) is 15.8 Å². The van der Waals surface area contributed by atoms with Crippen molar-refractivity contribution in [1.29, 1.82) is 0 Å². The third-order valence-electron chi connectivity index (χ3n) is 4.76. The van der Waals surface area contributed by atoms with Crippen molar-refractivity contribution in [2.45, 2.75) is 36.8 Å². The Morgan fingerprint density at radius 2 is 1.97 bits per heavy atom. The number of rotatable bonds is 6. The van der Waals surface area contributed by atoms with Crippen molar-refractivity contribution >= 4 is 16.0 Å². The van der Waals surface area contributed by atoms with Crippen LogP contribution in [0.1, 0.15) is 25.0 Å². The van der Waals surface area contributed by atoms with Crippen LogP contribution in [0, 0.1) is 0 Å². The molecule has 4 rings (SSSR count). The van der Waals surface area contributed by atoms with Crippen LogP contribution in [0.2, 0.25) is 0 Å².